The van der Waals surface area contributed by atoms with Crippen LogP contribution in [0.15, 0.2) is 5.28 Å². The van der Waals surface area contributed by atoms with Gasteiger partial charge in [0.1, 0.15) is 7.11 Å². The number of carboxylic acid groups (broad SMARTS) is 1. The van der Waals surface area contributed by atoms with E-state index in [-0.39, 0.29) is 11.3 Å². The van der Waals surface area contributed by atoms with Gasteiger partial charge in [0.2, 0.25) is 5.28 Å². The van der Waals surface area contributed by atoms with E-state index in [1.54, 1.807) is 6.92 Å². The van der Waals surface area contributed by atoms with E-state index in [0.29, 0.717) is 0 Å². The summed E-state index contributed by atoms with van der Waals surface area (Å²) in [7, 11) is 1.18. The van der Waals surface area contributed by atoms with Gasteiger partial charge in [0.05, 0.1) is 0 Å². The summed E-state index contributed by atoms with van der Waals surface area (Å²) < 4.78 is 0. The lowest BCUT2D eigenvalue weighted by Crippen LogP contribution is -2.28. The van der Waals surface area contributed by atoms with Crippen molar-refractivity contribution in [3.63, 3.8) is 0 Å². The van der Waals surface area contributed by atoms with Crippen LogP contribution < -0.4 is 0 Å². The smallest absolute Gasteiger partial charge is 0.377 e. The van der Waals surface area contributed by atoms with E-state index in [9.17, 15) is 10.0 Å². The maximum absolute atomic E-state index is 10.7. The van der Waals surface area contributed by atoms with Gasteiger partial charge >= 0.3 is 5.97 Å². The average Bonchev–Trinajstić information content (AvgIpc) is 1.88. The zero-order valence-corrected chi connectivity index (χ0v) is 6.35. The van der Waals surface area contributed by atoms with Gasteiger partial charge in [-0.2, -0.15) is 0 Å². The molecule has 0 aromatic carbocycles. The molecular formula is C5H10N2O4. The zero-order valence-electron chi connectivity index (χ0n) is 6.35. The predicted octanol–water partition coefficient (Wildman–Crippen LogP) is 0.373. The third kappa shape index (κ3) is 2.83. The minimum atomic E-state index is -1.21. The Labute approximate surface area is 63.6 Å². The molecule has 1 N–H and O–H groups in total. The number of hydroxylamine groups is 1. The Hall–Kier alpha value is -1.33. The van der Waals surface area contributed by atoms with Crippen molar-refractivity contribution in [1.82, 2.24) is 0 Å². The molecule has 0 aliphatic carbocycles. The van der Waals surface area contributed by atoms with Gasteiger partial charge in [-0.05, 0) is 4.86 Å². The fourth-order valence-electron chi connectivity index (χ4n) is 0.563. The lowest BCUT2D eigenvalue weighted by Gasteiger charge is -2.05. The van der Waals surface area contributed by atoms with Gasteiger partial charge in [0.15, 0.2) is 0 Å². The Morgan fingerprint density at radius 2 is 2.45 bits per heavy atom. The first-order chi connectivity index (χ1) is 5.13. The minimum Gasteiger partial charge on any atom is -0.597 e. The van der Waals surface area contributed by atoms with Gasteiger partial charge in [-0.3, -0.25) is 0 Å². The minimum absolute atomic E-state index is 0.0301. The SMILES string of the molecule is CC[C@H](C(=O)O)/[N+]([O-])=N/OC. The molecule has 0 aromatic heterocycles. The first kappa shape index (κ1) is 9.67. The van der Waals surface area contributed by atoms with Gasteiger partial charge < -0.3 is 15.2 Å². The van der Waals surface area contributed by atoms with Crippen molar-refractivity contribution in [1.29, 1.82) is 0 Å². The fourth-order valence-corrected chi connectivity index (χ4v) is 0.563. The molecule has 0 spiro atoms. The number of aliphatic carboxylic acids is 1. The lowest BCUT2D eigenvalue weighted by molar-refractivity contribution is -0.582. The highest BCUT2D eigenvalue weighted by molar-refractivity contribution is 5.71. The summed E-state index contributed by atoms with van der Waals surface area (Å²) in [6.07, 6.45) is 0.186. The van der Waals surface area contributed by atoms with E-state index in [4.69, 9.17) is 5.11 Å². The second-order valence-corrected chi connectivity index (χ2v) is 1.83. The molecule has 0 aliphatic rings. The average molecular weight is 162 g/mol. The summed E-state index contributed by atoms with van der Waals surface area (Å²) in [5.41, 5.74) is 0. The molecule has 0 rings (SSSR count). The molecule has 11 heavy (non-hydrogen) atoms. The van der Waals surface area contributed by atoms with Crippen molar-refractivity contribution in [3.05, 3.63) is 5.21 Å². The van der Waals surface area contributed by atoms with Crippen LogP contribution in [0.5, 0.6) is 0 Å². The molecule has 0 fully saturated rings. The number of hydrogen-bond donors (Lipinski definition) is 1. The van der Waals surface area contributed by atoms with E-state index < -0.39 is 12.0 Å². The van der Waals surface area contributed by atoms with Crippen LogP contribution in [0.1, 0.15) is 13.3 Å². The number of nitrogens with zero attached hydrogens (tertiary/aromatic N) is 2. The van der Waals surface area contributed by atoms with Crippen LogP contribution in [0.3, 0.4) is 0 Å². The van der Waals surface area contributed by atoms with Crippen LogP contribution in [0.4, 0.5) is 0 Å². The van der Waals surface area contributed by atoms with Gasteiger partial charge in [-0.15, -0.1) is 0 Å². The molecule has 0 amide bonds. The molecule has 6 heteroatoms. The Morgan fingerprint density at radius 3 is 2.73 bits per heavy atom. The highest BCUT2D eigenvalue weighted by atomic mass is 16.7. The first-order valence-electron chi connectivity index (χ1n) is 3.06. The molecule has 0 bridgehead atoms. The van der Waals surface area contributed by atoms with Crippen molar-refractivity contribution in [2.75, 3.05) is 7.11 Å². The topological polar surface area (TPSA) is 85.0 Å². The summed E-state index contributed by atoms with van der Waals surface area (Å²) in [5, 5.41) is 22.0. The first-order valence-corrected chi connectivity index (χ1v) is 3.06. The molecule has 1 atom stereocenters. The number of carboxylic acids is 1. The van der Waals surface area contributed by atoms with Crippen LogP contribution >= 0.6 is 0 Å². The van der Waals surface area contributed by atoms with Crippen molar-refractivity contribution in [2.45, 2.75) is 19.4 Å². The molecule has 0 aliphatic heterocycles. The highest BCUT2D eigenvalue weighted by Crippen LogP contribution is 1.97. The predicted molar refractivity (Wildman–Crippen MR) is 34.8 cm³/mol. The van der Waals surface area contributed by atoms with Crippen LogP contribution in [-0.2, 0) is 9.63 Å². The summed E-state index contributed by atoms with van der Waals surface area (Å²) in [6, 6.07) is -1.16. The van der Waals surface area contributed by atoms with E-state index in [0.717, 1.165) is 0 Å². The third-order valence-electron chi connectivity index (χ3n) is 1.10. The van der Waals surface area contributed by atoms with Crippen LogP contribution in [0, 0.1) is 5.21 Å². The Kier molecular flexibility index (Phi) is 3.94. The van der Waals surface area contributed by atoms with Crippen molar-refractivity contribution in [3.8, 4) is 0 Å². The van der Waals surface area contributed by atoms with E-state index in [1.807, 2.05) is 0 Å². The monoisotopic (exact) mass is 162 g/mol. The van der Waals surface area contributed by atoms with Crippen molar-refractivity contribution in [2.24, 2.45) is 5.28 Å². The normalized spacial score (nSPS) is 14.2. The second kappa shape index (κ2) is 4.48. The molecule has 64 valence electrons. The lowest BCUT2D eigenvalue weighted by atomic mass is 10.2. The summed E-state index contributed by atoms with van der Waals surface area (Å²) in [5.74, 6) is -1.21. The zero-order chi connectivity index (χ0) is 8.85. The van der Waals surface area contributed by atoms with E-state index in [1.165, 1.54) is 7.11 Å². The Bertz CT molecular complexity index is 168. The van der Waals surface area contributed by atoms with Crippen LogP contribution in [0.25, 0.3) is 0 Å². The summed E-state index contributed by atoms with van der Waals surface area (Å²) >= 11 is 0. The maximum atomic E-state index is 10.7. The van der Waals surface area contributed by atoms with Gasteiger partial charge in [0.25, 0.3) is 6.04 Å². The van der Waals surface area contributed by atoms with Gasteiger partial charge in [0, 0.05) is 6.42 Å². The Balaban J connectivity index is 4.25. The largest absolute Gasteiger partial charge is 0.597 e. The molecule has 0 saturated carbocycles. The molecular weight excluding hydrogens is 152 g/mol. The molecule has 0 radical (unpaired) electrons. The van der Waals surface area contributed by atoms with Gasteiger partial charge in [-0.1, -0.05) is 6.92 Å². The quantitative estimate of drug-likeness (QED) is 0.367. The molecule has 0 aromatic rings. The molecule has 6 nitrogen and oxygen atoms in total. The van der Waals surface area contributed by atoms with Crippen molar-refractivity contribution >= 4 is 5.97 Å². The third-order valence-corrected chi connectivity index (χ3v) is 1.10. The molecule has 0 saturated heterocycles. The fraction of sp³-hybridized carbons (Fsp3) is 0.800. The second-order valence-electron chi connectivity index (χ2n) is 1.83. The molecule has 0 heterocycles. The van der Waals surface area contributed by atoms with Crippen LogP contribution in [-0.4, -0.2) is 29.1 Å². The summed E-state index contributed by atoms with van der Waals surface area (Å²) in [6.45, 7) is 1.58. The van der Waals surface area contributed by atoms with Gasteiger partial charge in [-0.25, -0.2) is 4.79 Å². The van der Waals surface area contributed by atoms with E-state index >= 15 is 0 Å². The standard InChI is InChI=1S/C5H10N2O4/c1-3-4(5(8)9)7(10)6-11-2/h4H,3H2,1-2H3,(H,8,9)/b7-6-/t4-/m1/s1. The molecule has 0 unspecified atom stereocenters. The highest BCUT2D eigenvalue weighted by Gasteiger charge is 2.25. The number of carbonyl (C=O) groups is 1. The van der Waals surface area contributed by atoms with Crippen LogP contribution in [0.2, 0.25) is 0 Å². The number of hydrogen-bond acceptors (Lipinski definition) is 4. The summed E-state index contributed by atoms with van der Waals surface area (Å²) in [4.78, 5) is 14.4. The Morgan fingerprint density at radius 1 is 1.91 bits per heavy atom. The van der Waals surface area contributed by atoms with Crippen molar-refractivity contribution < 1.29 is 19.6 Å². The number of rotatable bonds is 4. The maximum Gasteiger partial charge on any atom is 0.377 e. The van der Waals surface area contributed by atoms with E-state index in [2.05, 4.69) is 10.1 Å².